The van der Waals surface area contributed by atoms with Gasteiger partial charge in [-0.3, -0.25) is 4.90 Å². The van der Waals surface area contributed by atoms with Crippen molar-refractivity contribution in [3.05, 3.63) is 65.7 Å². The first kappa shape index (κ1) is 22.3. The number of nitrogens with one attached hydrogen (secondary N) is 1. The molecule has 0 aliphatic carbocycles. The Hall–Kier alpha value is -1.77. The van der Waals surface area contributed by atoms with Crippen molar-refractivity contribution in [3.63, 3.8) is 0 Å². The van der Waals surface area contributed by atoms with Crippen LogP contribution in [0.4, 0.5) is 0 Å². The molecule has 1 aliphatic rings. The molecule has 0 bridgehead atoms. The number of hydrogen-bond donors (Lipinski definition) is 1. The quantitative estimate of drug-likeness (QED) is 0.806. The zero-order valence-corrected chi connectivity index (χ0v) is 16.3. The molecule has 0 saturated carbocycles. The molecule has 26 heavy (non-hydrogen) atoms. The maximum atomic E-state index is 9.23. The molecule has 6 heteroatoms. The Morgan fingerprint density at radius 2 is 1.77 bits per heavy atom. The first-order valence-corrected chi connectivity index (χ1v) is 8.45. The van der Waals surface area contributed by atoms with Gasteiger partial charge in [0.1, 0.15) is 12.4 Å². The van der Waals surface area contributed by atoms with Crippen molar-refractivity contribution in [3.8, 4) is 11.8 Å². The summed E-state index contributed by atoms with van der Waals surface area (Å²) in [5.41, 5.74) is 2.31. The van der Waals surface area contributed by atoms with Gasteiger partial charge in [-0.15, -0.1) is 24.8 Å². The van der Waals surface area contributed by atoms with Crippen LogP contribution in [0.5, 0.6) is 5.75 Å². The lowest BCUT2D eigenvalue weighted by molar-refractivity contribution is 0.175. The van der Waals surface area contributed by atoms with Gasteiger partial charge in [0.2, 0.25) is 0 Å². The van der Waals surface area contributed by atoms with Crippen LogP contribution in [0, 0.1) is 11.3 Å². The predicted molar refractivity (Wildman–Crippen MR) is 109 cm³/mol. The van der Waals surface area contributed by atoms with Crippen LogP contribution in [0.15, 0.2) is 54.6 Å². The molecule has 2 aromatic carbocycles. The molecule has 0 radical (unpaired) electrons. The topological polar surface area (TPSA) is 48.3 Å². The summed E-state index contributed by atoms with van der Waals surface area (Å²) in [4.78, 5) is 2.38. The highest BCUT2D eigenvalue weighted by atomic mass is 35.5. The highest BCUT2D eigenvalue weighted by Gasteiger charge is 2.22. The van der Waals surface area contributed by atoms with Gasteiger partial charge in [0.25, 0.3) is 0 Å². The van der Waals surface area contributed by atoms with E-state index in [1.165, 1.54) is 0 Å². The third-order valence-corrected chi connectivity index (χ3v) is 4.37. The van der Waals surface area contributed by atoms with Crippen LogP contribution < -0.4 is 10.1 Å². The lowest BCUT2D eigenvalue weighted by Crippen LogP contribution is -2.45. The van der Waals surface area contributed by atoms with E-state index in [1.807, 2.05) is 30.3 Å². The largest absolute Gasteiger partial charge is 0.489 e. The minimum atomic E-state index is 0. The van der Waals surface area contributed by atoms with Crippen LogP contribution >= 0.6 is 24.8 Å². The summed E-state index contributed by atoms with van der Waals surface area (Å²) in [5, 5.41) is 12.6. The van der Waals surface area contributed by atoms with E-state index >= 15 is 0 Å². The first-order chi connectivity index (χ1) is 11.9. The van der Waals surface area contributed by atoms with Crippen LogP contribution in [-0.4, -0.2) is 31.1 Å². The van der Waals surface area contributed by atoms with Crippen LogP contribution in [0.25, 0.3) is 0 Å². The zero-order chi connectivity index (χ0) is 16.6. The summed E-state index contributed by atoms with van der Waals surface area (Å²) < 4.78 is 5.93. The van der Waals surface area contributed by atoms with Gasteiger partial charge in [0.15, 0.2) is 0 Å². The monoisotopic (exact) mass is 393 g/mol. The van der Waals surface area contributed by atoms with Crippen LogP contribution in [0.2, 0.25) is 0 Å². The third-order valence-electron chi connectivity index (χ3n) is 4.37. The van der Waals surface area contributed by atoms with Crippen LogP contribution in [0.3, 0.4) is 0 Å². The molecule has 140 valence electrons. The molecule has 1 N–H and O–H groups in total. The van der Waals surface area contributed by atoms with E-state index < -0.39 is 0 Å². The van der Waals surface area contributed by atoms with Crippen molar-refractivity contribution in [2.24, 2.45) is 0 Å². The minimum Gasteiger partial charge on any atom is -0.489 e. The SMILES string of the molecule is Cl.Cl.N#CC[C@@H](c1cccc(OCc2ccccc2)c1)N1CCNCC1. The Morgan fingerprint density at radius 3 is 2.46 bits per heavy atom. The summed E-state index contributed by atoms with van der Waals surface area (Å²) >= 11 is 0. The molecule has 0 spiro atoms. The van der Waals surface area contributed by atoms with E-state index in [9.17, 15) is 5.26 Å². The number of rotatable bonds is 6. The van der Waals surface area contributed by atoms with E-state index in [0.29, 0.717) is 13.0 Å². The van der Waals surface area contributed by atoms with Crippen molar-refractivity contribution >= 4 is 24.8 Å². The summed E-state index contributed by atoms with van der Waals surface area (Å²) in [7, 11) is 0. The lowest BCUT2D eigenvalue weighted by Gasteiger charge is -2.34. The Labute approximate surface area is 168 Å². The van der Waals surface area contributed by atoms with Gasteiger partial charge in [-0.05, 0) is 23.3 Å². The van der Waals surface area contributed by atoms with E-state index in [1.54, 1.807) is 0 Å². The molecule has 1 saturated heterocycles. The Balaban J connectivity index is 0.00000169. The molecule has 1 heterocycles. The highest BCUT2D eigenvalue weighted by molar-refractivity contribution is 5.85. The minimum absolute atomic E-state index is 0. The van der Waals surface area contributed by atoms with Crippen molar-refractivity contribution in [1.29, 1.82) is 5.26 Å². The van der Waals surface area contributed by atoms with E-state index in [-0.39, 0.29) is 30.9 Å². The fourth-order valence-corrected chi connectivity index (χ4v) is 3.09. The van der Waals surface area contributed by atoms with Crippen molar-refractivity contribution in [2.45, 2.75) is 19.1 Å². The van der Waals surface area contributed by atoms with Gasteiger partial charge < -0.3 is 10.1 Å². The molecule has 0 amide bonds. The Morgan fingerprint density at radius 1 is 1.04 bits per heavy atom. The van der Waals surface area contributed by atoms with E-state index in [2.05, 4.69) is 40.6 Å². The normalized spacial score (nSPS) is 15.0. The summed E-state index contributed by atoms with van der Waals surface area (Å²) in [6, 6.07) is 20.8. The lowest BCUT2D eigenvalue weighted by atomic mass is 10.0. The first-order valence-electron chi connectivity index (χ1n) is 8.45. The maximum Gasteiger partial charge on any atom is 0.120 e. The van der Waals surface area contributed by atoms with Crippen LogP contribution in [-0.2, 0) is 6.61 Å². The summed E-state index contributed by atoms with van der Waals surface area (Å²) in [6.07, 6.45) is 0.502. The standard InChI is InChI=1S/C20H23N3O.2ClH/c21-10-9-20(23-13-11-22-12-14-23)18-7-4-8-19(15-18)24-16-17-5-2-1-3-6-17;;/h1-8,15,20,22H,9,11-14,16H2;2*1H/t20-;;/m0../s1. The maximum absolute atomic E-state index is 9.23. The molecule has 2 aromatic rings. The van der Waals surface area contributed by atoms with E-state index in [0.717, 1.165) is 43.1 Å². The molecule has 1 fully saturated rings. The number of piperazine rings is 1. The Bertz CT molecular complexity index is 685. The molecular weight excluding hydrogens is 369 g/mol. The molecule has 3 rings (SSSR count). The second kappa shape index (κ2) is 11.8. The molecular formula is C20H25Cl2N3O. The van der Waals surface area contributed by atoms with Gasteiger partial charge in [0, 0.05) is 32.2 Å². The highest BCUT2D eigenvalue weighted by Crippen LogP contribution is 2.27. The summed E-state index contributed by atoms with van der Waals surface area (Å²) in [5.74, 6) is 0.856. The number of benzene rings is 2. The number of hydrogen-bond acceptors (Lipinski definition) is 4. The van der Waals surface area contributed by atoms with Crippen LogP contribution in [0.1, 0.15) is 23.6 Å². The van der Waals surface area contributed by atoms with Crippen molar-refractivity contribution in [1.82, 2.24) is 10.2 Å². The van der Waals surface area contributed by atoms with Gasteiger partial charge in [-0.25, -0.2) is 0 Å². The van der Waals surface area contributed by atoms with Crippen molar-refractivity contribution < 1.29 is 4.74 Å². The van der Waals surface area contributed by atoms with Gasteiger partial charge >= 0.3 is 0 Å². The average Bonchev–Trinajstić information content (AvgIpc) is 2.66. The second-order valence-electron chi connectivity index (χ2n) is 6.01. The average molecular weight is 394 g/mol. The fourth-order valence-electron chi connectivity index (χ4n) is 3.09. The predicted octanol–water partition coefficient (Wildman–Crippen LogP) is 3.97. The second-order valence-corrected chi connectivity index (χ2v) is 6.01. The number of nitrogens with zero attached hydrogens (tertiary/aromatic N) is 2. The number of ether oxygens (including phenoxy) is 1. The Kier molecular flexibility index (Phi) is 10.1. The zero-order valence-electron chi connectivity index (χ0n) is 14.6. The molecule has 1 aliphatic heterocycles. The van der Waals surface area contributed by atoms with Gasteiger partial charge in [-0.1, -0.05) is 42.5 Å². The summed E-state index contributed by atoms with van der Waals surface area (Å²) in [6.45, 7) is 4.46. The van der Waals surface area contributed by atoms with Gasteiger partial charge in [-0.2, -0.15) is 5.26 Å². The van der Waals surface area contributed by atoms with E-state index in [4.69, 9.17) is 4.74 Å². The number of halogens is 2. The third kappa shape index (κ3) is 6.19. The molecule has 0 unspecified atom stereocenters. The molecule has 1 atom stereocenters. The fraction of sp³-hybridized carbons (Fsp3) is 0.350. The number of nitriles is 1. The molecule has 4 nitrogen and oxygen atoms in total. The smallest absolute Gasteiger partial charge is 0.120 e. The van der Waals surface area contributed by atoms with Gasteiger partial charge in [0.05, 0.1) is 12.5 Å². The van der Waals surface area contributed by atoms with Crippen molar-refractivity contribution in [2.75, 3.05) is 26.2 Å². The molecule has 0 aromatic heterocycles.